The summed E-state index contributed by atoms with van der Waals surface area (Å²) in [5.74, 6) is -0.192. The summed E-state index contributed by atoms with van der Waals surface area (Å²) in [6.45, 7) is 8.61. The summed E-state index contributed by atoms with van der Waals surface area (Å²) < 4.78 is 2.19. The Hall–Kier alpha value is -1.49. The predicted octanol–water partition coefficient (Wildman–Crippen LogP) is 4.13. The number of carbonyl (C=O) groups is 1. The van der Waals surface area contributed by atoms with E-state index >= 15 is 0 Å². The van der Waals surface area contributed by atoms with E-state index in [1.54, 1.807) is 0 Å². The van der Waals surface area contributed by atoms with Crippen molar-refractivity contribution in [1.82, 2.24) is 9.55 Å². The molecular weight excluding hydrogens is 284 g/mol. The van der Waals surface area contributed by atoms with Gasteiger partial charge in [0.1, 0.15) is 0 Å². The van der Waals surface area contributed by atoms with E-state index in [-0.39, 0.29) is 5.75 Å². The maximum Gasteiger partial charge on any atom is 0.313 e. The first-order valence-corrected chi connectivity index (χ1v) is 8.20. The van der Waals surface area contributed by atoms with E-state index in [0.717, 1.165) is 28.2 Å². The number of para-hydroxylation sites is 1. The van der Waals surface area contributed by atoms with Crippen LogP contribution in [-0.2, 0) is 4.79 Å². The van der Waals surface area contributed by atoms with Crippen LogP contribution >= 0.6 is 11.8 Å². The number of aryl methyl sites for hydroxylation is 1. The van der Waals surface area contributed by atoms with Crippen LogP contribution in [0.5, 0.6) is 0 Å². The largest absolute Gasteiger partial charge is 0.481 e. The zero-order valence-corrected chi connectivity index (χ0v) is 13.8. The lowest BCUT2D eigenvalue weighted by molar-refractivity contribution is -0.133. The Kier molecular flexibility index (Phi) is 4.93. The lowest BCUT2D eigenvalue weighted by Crippen LogP contribution is -2.10. The third-order valence-electron chi connectivity index (χ3n) is 3.47. The van der Waals surface area contributed by atoms with Crippen LogP contribution in [0.4, 0.5) is 0 Å². The van der Waals surface area contributed by atoms with Crippen LogP contribution in [0.15, 0.2) is 23.4 Å². The molecule has 0 spiro atoms. The fraction of sp³-hybridized carbons (Fsp3) is 0.500. The molecule has 1 N–H and O–H groups in total. The quantitative estimate of drug-likeness (QED) is 0.815. The van der Waals surface area contributed by atoms with Gasteiger partial charge in [-0.2, -0.15) is 0 Å². The maximum absolute atomic E-state index is 10.9. The molecule has 1 aromatic carbocycles. The van der Waals surface area contributed by atoms with Crippen LogP contribution in [0, 0.1) is 12.8 Å². The predicted molar refractivity (Wildman–Crippen MR) is 87.0 cm³/mol. The van der Waals surface area contributed by atoms with Gasteiger partial charge in [-0.1, -0.05) is 37.7 Å². The van der Waals surface area contributed by atoms with Gasteiger partial charge >= 0.3 is 5.97 Å². The molecule has 0 aliphatic rings. The molecule has 5 heteroatoms. The fourth-order valence-electron chi connectivity index (χ4n) is 2.68. The Morgan fingerprint density at radius 1 is 1.38 bits per heavy atom. The number of aliphatic carboxylic acids is 1. The monoisotopic (exact) mass is 306 g/mol. The van der Waals surface area contributed by atoms with Crippen LogP contribution < -0.4 is 0 Å². The van der Waals surface area contributed by atoms with Crippen molar-refractivity contribution in [2.45, 2.75) is 45.3 Å². The molecular formula is C16H22N2O2S. The molecule has 0 saturated heterocycles. The van der Waals surface area contributed by atoms with Crippen LogP contribution in [0.3, 0.4) is 0 Å². The molecule has 1 aromatic heterocycles. The molecule has 1 unspecified atom stereocenters. The first kappa shape index (κ1) is 15.9. The highest BCUT2D eigenvalue weighted by Gasteiger charge is 2.18. The molecule has 1 heterocycles. The molecule has 0 saturated carbocycles. The number of fused-ring (bicyclic) bond motifs is 1. The zero-order valence-electron chi connectivity index (χ0n) is 13.0. The number of thioether (sulfide) groups is 1. The smallest absolute Gasteiger partial charge is 0.313 e. The second kappa shape index (κ2) is 6.52. The highest BCUT2D eigenvalue weighted by Crippen LogP contribution is 2.31. The molecule has 21 heavy (non-hydrogen) atoms. The van der Waals surface area contributed by atoms with E-state index in [0.29, 0.717) is 12.0 Å². The molecule has 2 aromatic rings. The molecule has 0 aliphatic heterocycles. The van der Waals surface area contributed by atoms with E-state index in [1.807, 2.05) is 19.1 Å². The first-order chi connectivity index (χ1) is 9.90. The van der Waals surface area contributed by atoms with Gasteiger partial charge in [-0.15, -0.1) is 0 Å². The zero-order chi connectivity index (χ0) is 15.6. The molecule has 2 rings (SSSR count). The molecule has 0 bridgehead atoms. The lowest BCUT2D eigenvalue weighted by atomic mass is 10.0. The number of hydrogen-bond acceptors (Lipinski definition) is 3. The normalized spacial score (nSPS) is 13.0. The lowest BCUT2D eigenvalue weighted by Gasteiger charge is -2.19. The standard InChI is InChI=1S/C16H22N2O2S/c1-10(2)8-12(4)18-13-7-5-6-11(3)15(13)17-16(18)21-9-14(19)20/h5-7,10,12H,8-9H2,1-4H3,(H,19,20). The average molecular weight is 306 g/mol. The van der Waals surface area contributed by atoms with Crippen molar-refractivity contribution in [3.05, 3.63) is 23.8 Å². The third kappa shape index (κ3) is 3.59. The summed E-state index contributed by atoms with van der Waals surface area (Å²) in [7, 11) is 0. The number of hydrogen-bond donors (Lipinski definition) is 1. The maximum atomic E-state index is 10.9. The molecule has 114 valence electrons. The summed E-state index contributed by atoms with van der Waals surface area (Å²) in [6, 6.07) is 6.44. The Bertz CT molecular complexity index is 649. The van der Waals surface area contributed by atoms with E-state index in [9.17, 15) is 4.79 Å². The summed E-state index contributed by atoms with van der Waals surface area (Å²) >= 11 is 1.30. The van der Waals surface area contributed by atoms with Crippen molar-refractivity contribution >= 4 is 28.8 Å². The molecule has 0 amide bonds. The topological polar surface area (TPSA) is 55.1 Å². The van der Waals surface area contributed by atoms with E-state index in [1.165, 1.54) is 11.8 Å². The number of imidazole rings is 1. The Labute approximate surface area is 129 Å². The third-order valence-corrected chi connectivity index (χ3v) is 4.41. The highest BCUT2D eigenvalue weighted by molar-refractivity contribution is 7.99. The summed E-state index contributed by atoms with van der Waals surface area (Å²) in [6.07, 6.45) is 1.04. The summed E-state index contributed by atoms with van der Waals surface area (Å²) in [4.78, 5) is 15.5. The van der Waals surface area contributed by atoms with Gasteiger partial charge in [0.2, 0.25) is 0 Å². The van der Waals surface area contributed by atoms with Crippen molar-refractivity contribution < 1.29 is 9.90 Å². The van der Waals surface area contributed by atoms with Gasteiger partial charge in [0.25, 0.3) is 0 Å². The number of benzene rings is 1. The van der Waals surface area contributed by atoms with Crippen molar-refractivity contribution in [2.75, 3.05) is 5.75 Å². The van der Waals surface area contributed by atoms with Crippen molar-refractivity contribution in [2.24, 2.45) is 5.92 Å². The first-order valence-electron chi connectivity index (χ1n) is 7.22. The highest BCUT2D eigenvalue weighted by atomic mass is 32.2. The summed E-state index contributed by atoms with van der Waals surface area (Å²) in [5, 5.41) is 9.72. The van der Waals surface area contributed by atoms with Crippen LogP contribution in [0.25, 0.3) is 11.0 Å². The van der Waals surface area contributed by atoms with Crippen LogP contribution in [0.1, 0.15) is 38.8 Å². The van der Waals surface area contributed by atoms with E-state index in [4.69, 9.17) is 5.11 Å². The second-order valence-electron chi connectivity index (χ2n) is 5.87. The molecule has 0 fully saturated rings. The molecule has 4 nitrogen and oxygen atoms in total. The SMILES string of the molecule is Cc1cccc2c1nc(SCC(=O)O)n2C(C)CC(C)C. The minimum Gasteiger partial charge on any atom is -0.481 e. The number of rotatable bonds is 6. The van der Waals surface area contributed by atoms with E-state index < -0.39 is 5.97 Å². The molecule has 1 atom stereocenters. The van der Waals surface area contributed by atoms with Gasteiger partial charge in [0.05, 0.1) is 16.8 Å². The number of carboxylic acid groups (broad SMARTS) is 1. The molecule has 0 radical (unpaired) electrons. The number of aromatic nitrogens is 2. The number of nitrogens with zero attached hydrogens (tertiary/aromatic N) is 2. The average Bonchev–Trinajstić information content (AvgIpc) is 2.75. The van der Waals surface area contributed by atoms with Crippen LogP contribution in [-0.4, -0.2) is 26.4 Å². The van der Waals surface area contributed by atoms with Gasteiger partial charge < -0.3 is 9.67 Å². The van der Waals surface area contributed by atoms with Crippen molar-refractivity contribution in [1.29, 1.82) is 0 Å². The fourth-order valence-corrected chi connectivity index (χ4v) is 3.50. The minimum absolute atomic E-state index is 0.0385. The molecule has 0 aliphatic carbocycles. The van der Waals surface area contributed by atoms with Crippen molar-refractivity contribution in [3.63, 3.8) is 0 Å². The second-order valence-corrected chi connectivity index (χ2v) is 6.81. The van der Waals surface area contributed by atoms with Gasteiger partial charge in [-0.25, -0.2) is 4.98 Å². The Morgan fingerprint density at radius 2 is 2.10 bits per heavy atom. The number of carboxylic acids is 1. The van der Waals surface area contributed by atoms with E-state index in [2.05, 4.69) is 36.4 Å². The Morgan fingerprint density at radius 3 is 2.71 bits per heavy atom. The van der Waals surface area contributed by atoms with Gasteiger partial charge in [-0.3, -0.25) is 4.79 Å². The van der Waals surface area contributed by atoms with Crippen molar-refractivity contribution in [3.8, 4) is 0 Å². The van der Waals surface area contributed by atoms with Gasteiger partial charge in [0.15, 0.2) is 5.16 Å². The summed E-state index contributed by atoms with van der Waals surface area (Å²) in [5.41, 5.74) is 3.19. The van der Waals surface area contributed by atoms with Gasteiger partial charge in [-0.05, 0) is 37.8 Å². The van der Waals surface area contributed by atoms with Crippen LogP contribution in [0.2, 0.25) is 0 Å². The Balaban J connectivity index is 2.49. The minimum atomic E-state index is -0.813. The van der Waals surface area contributed by atoms with Gasteiger partial charge in [0, 0.05) is 6.04 Å².